The van der Waals surface area contributed by atoms with Gasteiger partial charge in [-0.3, -0.25) is 0 Å². The third kappa shape index (κ3) is 3.00. The molecule has 0 atom stereocenters. The number of aromatic amines is 1. The topological polar surface area (TPSA) is 86.7 Å². The van der Waals surface area contributed by atoms with Crippen molar-refractivity contribution in [2.24, 2.45) is 0 Å². The van der Waals surface area contributed by atoms with Crippen LogP contribution in [0.4, 0.5) is 24.9 Å². The molecule has 1 fully saturated rings. The van der Waals surface area contributed by atoms with Crippen LogP contribution in [0.25, 0.3) is 11.2 Å². The van der Waals surface area contributed by atoms with Crippen molar-refractivity contribution >= 4 is 22.9 Å². The number of nitrogens with zero attached hydrogens (tertiary/aromatic N) is 7. The molecule has 0 unspecified atom stereocenters. The van der Waals surface area contributed by atoms with E-state index in [2.05, 4.69) is 29.9 Å². The summed E-state index contributed by atoms with van der Waals surface area (Å²) in [6, 6.07) is 0.954. The molecule has 136 valence electrons. The third-order valence-corrected chi connectivity index (χ3v) is 4.20. The van der Waals surface area contributed by atoms with Crippen LogP contribution >= 0.6 is 0 Å². The first kappa shape index (κ1) is 16.5. The van der Waals surface area contributed by atoms with Crippen LogP contribution in [0.2, 0.25) is 0 Å². The van der Waals surface area contributed by atoms with Gasteiger partial charge in [0.05, 0.1) is 6.33 Å². The molecule has 11 heteroatoms. The summed E-state index contributed by atoms with van der Waals surface area (Å²) in [6.45, 7) is 3.65. The van der Waals surface area contributed by atoms with Gasteiger partial charge in [-0.15, -0.1) is 0 Å². The SMILES string of the molecule is Cc1cc(C(F)(F)F)nc(N2CCN(c3ncnc4nc[nH]c34)CC2)n1. The fourth-order valence-electron chi connectivity index (χ4n) is 2.95. The van der Waals surface area contributed by atoms with Crippen molar-refractivity contribution in [2.75, 3.05) is 36.0 Å². The lowest BCUT2D eigenvalue weighted by atomic mass is 10.3. The van der Waals surface area contributed by atoms with Crippen molar-refractivity contribution in [3.63, 3.8) is 0 Å². The van der Waals surface area contributed by atoms with E-state index >= 15 is 0 Å². The Hall–Kier alpha value is -2.98. The first-order chi connectivity index (χ1) is 12.4. The van der Waals surface area contributed by atoms with E-state index < -0.39 is 11.9 Å². The van der Waals surface area contributed by atoms with E-state index in [4.69, 9.17) is 0 Å². The zero-order chi connectivity index (χ0) is 18.3. The molecule has 1 aliphatic heterocycles. The number of alkyl halides is 3. The van der Waals surface area contributed by atoms with Gasteiger partial charge in [-0.2, -0.15) is 13.2 Å². The molecule has 4 rings (SSSR count). The van der Waals surface area contributed by atoms with Crippen LogP contribution in [0, 0.1) is 6.92 Å². The van der Waals surface area contributed by atoms with Crippen molar-refractivity contribution in [1.29, 1.82) is 0 Å². The standard InChI is InChI=1S/C15H15F3N8/c1-9-6-10(15(16,17)18)24-14(23-9)26-4-2-25(3-5-26)13-11-12(20-7-19-11)21-8-22-13/h6-8H,2-5H2,1H3,(H,19,20,21,22). The summed E-state index contributed by atoms with van der Waals surface area (Å²) in [5, 5.41) is 0. The lowest BCUT2D eigenvalue weighted by Gasteiger charge is -2.35. The summed E-state index contributed by atoms with van der Waals surface area (Å²) in [7, 11) is 0. The Labute approximate surface area is 146 Å². The summed E-state index contributed by atoms with van der Waals surface area (Å²) in [5.41, 5.74) is 0.693. The maximum absolute atomic E-state index is 13.0. The Kier molecular flexibility index (Phi) is 3.85. The molecule has 26 heavy (non-hydrogen) atoms. The van der Waals surface area contributed by atoms with E-state index in [0.29, 0.717) is 37.5 Å². The van der Waals surface area contributed by atoms with Crippen molar-refractivity contribution < 1.29 is 13.2 Å². The summed E-state index contributed by atoms with van der Waals surface area (Å²) in [4.78, 5) is 27.2. The number of imidazole rings is 1. The molecule has 1 aliphatic rings. The van der Waals surface area contributed by atoms with Gasteiger partial charge in [-0.05, 0) is 13.0 Å². The maximum Gasteiger partial charge on any atom is 0.433 e. The monoisotopic (exact) mass is 364 g/mol. The van der Waals surface area contributed by atoms with Crippen LogP contribution in [0.1, 0.15) is 11.4 Å². The number of halogens is 3. The largest absolute Gasteiger partial charge is 0.433 e. The number of hydrogen-bond acceptors (Lipinski definition) is 7. The van der Waals surface area contributed by atoms with Gasteiger partial charge in [0, 0.05) is 31.9 Å². The molecule has 0 amide bonds. The molecule has 0 radical (unpaired) electrons. The van der Waals surface area contributed by atoms with E-state index in [9.17, 15) is 13.2 Å². The highest BCUT2D eigenvalue weighted by molar-refractivity contribution is 5.82. The molecule has 4 heterocycles. The smallest absolute Gasteiger partial charge is 0.351 e. The minimum absolute atomic E-state index is 0.103. The van der Waals surface area contributed by atoms with Crippen molar-refractivity contribution in [2.45, 2.75) is 13.1 Å². The molecule has 0 bridgehead atoms. The Morgan fingerprint density at radius 1 is 1.00 bits per heavy atom. The highest BCUT2D eigenvalue weighted by Gasteiger charge is 2.34. The van der Waals surface area contributed by atoms with Crippen molar-refractivity contribution in [1.82, 2.24) is 29.9 Å². The highest BCUT2D eigenvalue weighted by Crippen LogP contribution is 2.29. The average Bonchev–Trinajstić information content (AvgIpc) is 3.09. The van der Waals surface area contributed by atoms with Gasteiger partial charge in [0.1, 0.15) is 17.5 Å². The van der Waals surface area contributed by atoms with Gasteiger partial charge < -0.3 is 14.8 Å². The molecule has 0 spiro atoms. The zero-order valence-electron chi connectivity index (χ0n) is 13.8. The number of piperazine rings is 1. The predicted molar refractivity (Wildman–Crippen MR) is 87.9 cm³/mol. The van der Waals surface area contributed by atoms with Crippen LogP contribution in [-0.4, -0.2) is 56.1 Å². The molecule has 1 saturated heterocycles. The predicted octanol–water partition coefficient (Wildman–Crippen LogP) is 1.80. The first-order valence-corrected chi connectivity index (χ1v) is 7.98. The van der Waals surface area contributed by atoms with Gasteiger partial charge in [0.25, 0.3) is 0 Å². The molecule has 0 aliphatic carbocycles. The number of hydrogen-bond donors (Lipinski definition) is 1. The molecular formula is C15H15F3N8. The average molecular weight is 364 g/mol. The minimum Gasteiger partial charge on any atom is -0.351 e. The number of aryl methyl sites for hydroxylation is 1. The van der Waals surface area contributed by atoms with E-state index in [1.807, 2.05) is 4.90 Å². The third-order valence-electron chi connectivity index (χ3n) is 4.20. The van der Waals surface area contributed by atoms with Crippen molar-refractivity contribution in [3.05, 3.63) is 30.1 Å². The number of fused-ring (bicyclic) bond motifs is 1. The van der Waals surface area contributed by atoms with Gasteiger partial charge >= 0.3 is 6.18 Å². The first-order valence-electron chi connectivity index (χ1n) is 7.98. The molecule has 8 nitrogen and oxygen atoms in total. The van der Waals surface area contributed by atoms with Crippen LogP contribution in [0.5, 0.6) is 0 Å². The van der Waals surface area contributed by atoms with Gasteiger partial charge in [0.2, 0.25) is 5.95 Å². The second-order valence-electron chi connectivity index (χ2n) is 5.96. The summed E-state index contributed by atoms with van der Waals surface area (Å²) in [6.07, 6.45) is -1.49. The van der Waals surface area contributed by atoms with Crippen molar-refractivity contribution in [3.8, 4) is 0 Å². The van der Waals surface area contributed by atoms with E-state index in [1.54, 1.807) is 11.2 Å². The molecule has 3 aromatic rings. The van der Waals surface area contributed by atoms with E-state index in [0.717, 1.165) is 17.4 Å². The second-order valence-corrected chi connectivity index (χ2v) is 5.96. The Balaban J connectivity index is 1.54. The van der Waals surface area contributed by atoms with Gasteiger partial charge in [0.15, 0.2) is 11.5 Å². The summed E-state index contributed by atoms with van der Waals surface area (Å²) in [5.74, 6) is 0.833. The Morgan fingerprint density at radius 3 is 2.46 bits per heavy atom. The van der Waals surface area contributed by atoms with Gasteiger partial charge in [-0.25, -0.2) is 24.9 Å². The fourth-order valence-corrected chi connectivity index (χ4v) is 2.95. The molecule has 0 aromatic carbocycles. The maximum atomic E-state index is 13.0. The second kappa shape index (κ2) is 6.07. The number of anilines is 2. The van der Waals surface area contributed by atoms with E-state index in [1.165, 1.54) is 13.3 Å². The molecular weight excluding hydrogens is 349 g/mol. The minimum atomic E-state index is -4.49. The summed E-state index contributed by atoms with van der Waals surface area (Å²) < 4.78 is 38.9. The summed E-state index contributed by atoms with van der Waals surface area (Å²) >= 11 is 0. The number of aromatic nitrogens is 6. The normalized spacial score (nSPS) is 15.7. The number of nitrogens with one attached hydrogen (secondary N) is 1. The number of rotatable bonds is 2. The van der Waals surface area contributed by atoms with Gasteiger partial charge in [-0.1, -0.05) is 0 Å². The highest BCUT2D eigenvalue weighted by atomic mass is 19.4. The quantitative estimate of drug-likeness (QED) is 0.742. The van der Waals surface area contributed by atoms with Crippen LogP contribution < -0.4 is 9.80 Å². The molecule has 0 saturated carbocycles. The lowest BCUT2D eigenvalue weighted by molar-refractivity contribution is -0.141. The van der Waals surface area contributed by atoms with Crippen LogP contribution in [0.3, 0.4) is 0 Å². The molecule has 3 aromatic heterocycles. The Bertz CT molecular complexity index is 930. The molecule has 1 N–H and O–H groups in total. The fraction of sp³-hybridized carbons (Fsp3) is 0.400. The zero-order valence-corrected chi connectivity index (χ0v) is 13.8. The Morgan fingerprint density at radius 2 is 1.73 bits per heavy atom. The lowest BCUT2D eigenvalue weighted by Crippen LogP contribution is -2.47. The van der Waals surface area contributed by atoms with Crippen LogP contribution in [-0.2, 0) is 6.18 Å². The number of H-pyrrole nitrogens is 1. The van der Waals surface area contributed by atoms with E-state index in [-0.39, 0.29) is 5.95 Å². The van der Waals surface area contributed by atoms with Crippen LogP contribution in [0.15, 0.2) is 18.7 Å².